The van der Waals surface area contributed by atoms with Crippen molar-refractivity contribution in [2.24, 2.45) is 4.40 Å². The minimum atomic E-state index is -4.53. The summed E-state index contributed by atoms with van der Waals surface area (Å²) in [7, 11) is 3.13. The summed E-state index contributed by atoms with van der Waals surface area (Å²) < 4.78 is 75.0. The van der Waals surface area contributed by atoms with Gasteiger partial charge in [0.25, 0.3) is 0 Å². The molecule has 12 heteroatoms. The van der Waals surface area contributed by atoms with Gasteiger partial charge in [-0.1, -0.05) is 0 Å². The second-order valence-electron chi connectivity index (χ2n) is 8.04. The number of benzene rings is 2. The van der Waals surface area contributed by atoms with Crippen molar-refractivity contribution in [3.8, 4) is 11.5 Å². The molecule has 1 saturated heterocycles. The molecule has 0 aromatic heterocycles. The molecule has 34 heavy (non-hydrogen) atoms. The van der Waals surface area contributed by atoms with Crippen LogP contribution in [0.1, 0.15) is 36.1 Å². The molecule has 8 nitrogen and oxygen atoms in total. The molecule has 2 aromatic carbocycles. The van der Waals surface area contributed by atoms with E-state index >= 15 is 0 Å². The molecule has 0 aliphatic carbocycles. The largest absolute Gasteiger partial charge is 0.566 e. The third kappa shape index (κ3) is 4.98. The number of nitrogen functional groups attached to an aromatic ring is 1. The Bertz CT molecular complexity index is 1090. The second kappa shape index (κ2) is 9.43. The summed E-state index contributed by atoms with van der Waals surface area (Å²) in [6.07, 6.45) is -3.93. The SMILES string of the molecule is COc1cc2c(cc1OC1CCOC1)C(N[C@H](C)c1cc(N)cc(C(F)(F)F)c1)=N[S+]([O-])N2C. The Balaban J connectivity index is 1.68. The van der Waals surface area contributed by atoms with Crippen LogP contribution in [0.3, 0.4) is 0 Å². The Morgan fingerprint density at radius 1 is 1.26 bits per heavy atom. The quantitative estimate of drug-likeness (QED) is 0.480. The highest BCUT2D eigenvalue weighted by Crippen LogP contribution is 2.40. The van der Waals surface area contributed by atoms with Gasteiger partial charge in [-0.15, -0.1) is 0 Å². The fourth-order valence-electron chi connectivity index (χ4n) is 3.79. The first kappa shape index (κ1) is 24.3. The van der Waals surface area contributed by atoms with Crippen molar-refractivity contribution in [2.45, 2.75) is 31.7 Å². The van der Waals surface area contributed by atoms with Crippen LogP contribution in [0.5, 0.6) is 11.5 Å². The molecule has 184 valence electrons. The van der Waals surface area contributed by atoms with Gasteiger partial charge in [-0.3, -0.25) is 0 Å². The molecule has 4 rings (SSSR count). The number of hydrogen-bond acceptors (Lipinski definition) is 8. The van der Waals surface area contributed by atoms with Crippen molar-refractivity contribution >= 4 is 28.8 Å². The lowest BCUT2D eigenvalue weighted by molar-refractivity contribution is -0.137. The molecule has 0 radical (unpaired) electrons. The van der Waals surface area contributed by atoms with Gasteiger partial charge in [0.1, 0.15) is 11.8 Å². The summed E-state index contributed by atoms with van der Waals surface area (Å²) in [4.78, 5) is 0. The maximum atomic E-state index is 13.3. The lowest BCUT2D eigenvalue weighted by atomic mass is 10.0. The fraction of sp³-hybridized carbons (Fsp3) is 0.409. The summed E-state index contributed by atoms with van der Waals surface area (Å²) in [6.45, 7) is 2.73. The topological polar surface area (TPSA) is 104 Å². The van der Waals surface area contributed by atoms with Crippen molar-refractivity contribution < 1.29 is 31.9 Å². The number of anilines is 2. The molecule has 2 aliphatic heterocycles. The Kier molecular flexibility index (Phi) is 6.74. The van der Waals surface area contributed by atoms with Gasteiger partial charge in [0, 0.05) is 18.2 Å². The lowest BCUT2D eigenvalue weighted by Crippen LogP contribution is -2.38. The Morgan fingerprint density at radius 3 is 2.68 bits per heavy atom. The molecule has 2 heterocycles. The van der Waals surface area contributed by atoms with Gasteiger partial charge in [0.15, 0.2) is 17.3 Å². The molecule has 0 spiro atoms. The van der Waals surface area contributed by atoms with Crippen LogP contribution in [-0.4, -0.2) is 43.9 Å². The van der Waals surface area contributed by atoms with Gasteiger partial charge >= 0.3 is 6.18 Å². The Hall–Kier alpha value is -2.83. The third-order valence-corrected chi connectivity index (χ3v) is 6.62. The van der Waals surface area contributed by atoms with E-state index in [-0.39, 0.29) is 17.6 Å². The monoisotopic (exact) mass is 498 g/mol. The number of fused-ring (bicyclic) bond motifs is 1. The molecule has 3 N–H and O–H groups in total. The Labute approximate surface area is 198 Å². The first-order chi connectivity index (χ1) is 16.1. The van der Waals surface area contributed by atoms with Crippen LogP contribution in [-0.2, 0) is 22.5 Å². The van der Waals surface area contributed by atoms with Gasteiger partial charge in [-0.05, 0) is 41.2 Å². The molecule has 1 fully saturated rings. The summed E-state index contributed by atoms with van der Waals surface area (Å²) in [5.41, 5.74) is 6.32. The number of alkyl halides is 3. The van der Waals surface area contributed by atoms with E-state index in [2.05, 4.69) is 9.71 Å². The zero-order valence-corrected chi connectivity index (χ0v) is 19.6. The summed E-state index contributed by atoms with van der Waals surface area (Å²) in [5, 5.41) is 3.09. The van der Waals surface area contributed by atoms with Crippen LogP contribution >= 0.6 is 0 Å². The molecule has 2 aliphatic rings. The number of nitrogens with one attached hydrogen (secondary N) is 1. The van der Waals surface area contributed by atoms with Crippen LogP contribution < -0.4 is 24.8 Å². The highest BCUT2D eigenvalue weighted by Gasteiger charge is 2.34. The van der Waals surface area contributed by atoms with Crippen LogP contribution in [0, 0.1) is 0 Å². The second-order valence-corrected chi connectivity index (χ2v) is 9.24. The van der Waals surface area contributed by atoms with Gasteiger partial charge in [-0.2, -0.15) is 17.5 Å². The summed E-state index contributed by atoms with van der Waals surface area (Å²) >= 11 is -1.76. The first-order valence-corrected chi connectivity index (χ1v) is 11.6. The molecule has 0 amide bonds. The van der Waals surface area contributed by atoms with Gasteiger partial charge in [-0.25, -0.2) is 0 Å². The van der Waals surface area contributed by atoms with E-state index in [4.69, 9.17) is 19.9 Å². The number of nitrogens with two attached hydrogens (primary N) is 1. The molecule has 2 unspecified atom stereocenters. The Morgan fingerprint density at radius 2 is 2.03 bits per heavy atom. The van der Waals surface area contributed by atoms with E-state index in [1.54, 1.807) is 26.1 Å². The molecule has 3 atom stereocenters. The maximum Gasteiger partial charge on any atom is 0.416 e. The predicted octanol–water partition coefficient (Wildman–Crippen LogP) is 3.59. The summed E-state index contributed by atoms with van der Waals surface area (Å²) in [6, 6.07) is 6.18. The lowest BCUT2D eigenvalue weighted by Gasteiger charge is -2.28. The van der Waals surface area contributed by atoms with Crippen molar-refractivity contribution in [3.63, 3.8) is 0 Å². The molecular formula is C22H25F3N4O4S. The number of ether oxygens (including phenoxy) is 3. The molecule has 2 aromatic rings. The predicted molar refractivity (Wildman–Crippen MR) is 123 cm³/mol. The number of rotatable bonds is 5. The number of methoxy groups -OCH3 is 1. The van der Waals surface area contributed by atoms with Crippen LogP contribution in [0.4, 0.5) is 24.5 Å². The number of hydrogen-bond donors (Lipinski definition) is 2. The van der Waals surface area contributed by atoms with Crippen LogP contribution in [0.2, 0.25) is 0 Å². The third-order valence-electron chi connectivity index (χ3n) is 5.62. The number of nitrogens with zero attached hydrogens (tertiary/aromatic N) is 2. The van der Waals surface area contributed by atoms with Crippen molar-refractivity contribution in [1.82, 2.24) is 5.32 Å². The van der Waals surface area contributed by atoms with Crippen LogP contribution in [0.15, 0.2) is 34.7 Å². The maximum absolute atomic E-state index is 13.3. The average Bonchev–Trinajstić information content (AvgIpc) is 3.29. The first-order valence-electron chi connectivity index (χ1n) is 10.5. The zero-order chi connectivity index (χ0) is 24.6. The molecular weight excluding hydrogens is 473 g/mol. The van der Waals surface area contributed by atoms with Crippen molar-refractivity contribution in [3.05, 3.63) is 47.0 Å². The van der Waals surface area contributed by atoms with Crippen molar-refractivity contribution in [2.75, 3.05) is 37.4 Å². The zero-order valence-electron chi connectivity index (χ0n) is 18.8. The fourth-order valence-corrected chi connectivity index (χ4v) is 4.54. The molecule has 0 saturated carbocycles. The average molecular weight is 499 g/mol. The van der Waals surface area contributed by atoms with E-state index in [0.29, 0.717) is 41.5 Å². The minimum absolute atomic E-state index is 0.00743. The van der Waals surface area contributed by atoms with Crippen molar-refractivity contribution in [1.29, 1.82) is 0 Å². The van der Waals surface area contributed by atoms with E-state index in [1.807, 2.05) is 0 Å². The number of halogens is 3. The van der Waals surface area contributed by atoms with E-state index < -0.39 is 29.3 Å². The van der Waals surface area contributed by atoms with Crippen LogP contribution in [0.25, 0.3) is 0 Å². The normalized spacial score (nSPS) is 21.0. The molecule has 0 bridgehead atoms. The number of amidine groups is 1. The van der Waals surface area contributed by atoms with E-state index in [1.165, 1.54) is 17.5 Å². The smallest absolute Gasteiger partial charge is 0.416 e. The minimum Gasteiger partial charge on any atom is -0.566 e. The van der Waals surface area contributed by atoms with Gasteiger partial charge in [0.2, 0.25) is 11.5 Å². The van der Waals surface area contributed by atoms with Gasteiger partial charge in [0.05, 0.1) is 44.5 Å². The van der Waals surface area contributed by atoms with E-state index in [9.17, 15) is 17.7 Å². The highest BCUT2D eigenvalue weighted by molar-refractivity contribution is 7.91. The standard InChI is InChI=1S/C22H25F3N4O4S/c1-12(13-6-14(22(23,24)25)8-15(26)7-13)27-21-17-9-20(33-16-4-5-32-11-16)19(31-3)10-18(17)29(2)34(30)28-21/h6-10,12,16H,4-5,11,26H2,1-3H3,(H,27,28)/t12-,16?,34?/m1/s1. The van der Waals surface area contributed by atoms with Gasteiger partial charge < -0.3 is 29.8 Å². The highest BCUT2D eigenvalue weighted by atomic mass is 32.2. The summed E-state index contributed by atoms with van der Waals surface area (Å²) in [5.74, 6) is 1.17. The van der Waals surface area contributed by atoms with E-state index in [0.717, 1.165) is 18.6 Å².